The number of nitrogens with zero attached hydrogens (tertiary/aromatic N) is 4. The monoisotopic (exact) mass is 620 g/mol. The van der Waals surface area contributed by atoms with Gasteiger partial charge in [-0.3, -0.25) is 9.52 Å². The molecule has 11 nitrogen and oxygen atoms in total. The number of sulfonamides is 1. The maximum Gasteiger partial charge on any atom is 0.272 e. The minimum atomic E-state index is -3.61. The average Bonchev–Trinajstić information content (AvgIpc) is 3.29. The van der Waals surface area contributed by atoms with Crippen molar-refractivity contribution < 1.29 is 22.7 Å². The fourth-order valence-corrected chi connectivity index (χ4v) is 6.06. The summed E-state index contributed by atoms with van der Waals surface area (Å²) in [6.07, 6.45) is 4.80. The summed E-state index contributed by atoms with van der Waals surface area (Å²) in [6.45, 7) is 8.03. The van der Waals surface area contributed by atoms with Crippen LogP contribution in [0.15, 0.2) is 48.7 Å². The van der Waals surface area contributed by atoms with E-state index in [1.165, 1.54) is 7.11 Å². The van der Waals surface area contributed by atoms with Crippen LogP contribution in [0.4, 0.5) is 11.4 Å². The minimum absolute atomic E-state index is 0.212. The molecule has 0 radical (unpaired) electrons. The topological polar surface area (TPSA) is 128 Å². The summed E-state index contributed by atoms with van der Waals surface area (Å²) in [5.74, 6) is 1.90. The highest BCUT2D eigenvalue weighted by Gasteiger charge is 2.25. The molecule has 3 heterocycles. The molecule has 4 aromatic rings. The Kier molecular flexibility index (Phi) is 8.59. The predicted molar refractivity (Wildman–Crippen MR) is 173 cm³/mol. The smallest absolute Gasteiger partial charge is 0.272 e. The first-order chi connectivity index (χ1) is 20.7. The number of nitrogens with one attached hydrogen (secondary N) is 2. The zero-order valence-electron chi connectivity index (χ0n) is 26.3. The molecular weight excluding hydrogens is 580 g/mol. The Morgan fingerprint density at radius 2 is 1.75 bits per heavy atom. The number of aromatic nitrogens is 3. The summed E-state index contributed by atoms with van der Waals surface area (Å²) in [5, 5.41) is 3.76. The van der Waals surface area contributed by atoms with Crippen LogP contribution in [0, 0.1) is 0 Å². The van der Waals surface area contributed by atoms with Crippen molar-refractivity contribution in [3.63, 3.8) is 0 Å². The summed E-state index contributed by atoms with van der Waals surface area (Å²) in [7, 11) is 1.75. The van der Waals surface area contributed by atoms with E-state index in [1.54, 1.807) is 42.1 Å². The molecule has 0 saturated carbocycles. The normalized spacial score (nSPS) is 14.9. The van der Waals surface area contributed by atoms with E-state index < -0.39 is 15.9 Å². The van der Waals surface area contributed by atoms with Crippen LogP contribution in [0.2, 0.25) is 0 Å². The number of benzene rings is 2. The van der Waals surface area contributed by atoms with Gasteiger partial charge < -0.3 is 24.3 Å². The molecule has 0 unspecified atom stereocenters. The third-order valence-corrected chi connectivity index (χ3v) is 8.49. The minimum Gasteiger partial charge on any atom is -0.492 e. The SMILES string of the molecule is COc1c(NC(=O)c2cc3cccc(Oc4ccnc(C5CCN(C)CC5)n4)c3n2C)cc(C(C)(C)C)cc1NS(C)(=O)=O. The molecule has 12 heteroatoms. The predicted octanol–water partition coefficient (Wildman–Crippen LogP) is 5.50. The first-order valence-corrected chi connectivity index (χ1v) is 16.4. The Bertz CT molecular complexity index is 1800. The van der Waals surface area contributed by atoms with Crippen LogP contribution >= 0.6 is 0 Å². The van der Waals surface area contributed by atoms with Crippen LogP contribution in [-0.2, 0) is 22.5 Å². The van der Waals surface area contributed by atoms with E-state index in [0.717, 1.165) is 54.5 Å². The van der Waals surface area contributed by atoms with E-state index in [2.05, 4.69) is 27.0 Å². The van der Waals surface area contributed by atoms with Gasteiger partial charge in [0.2, 0.25) is 15.9 Å². The maximum absolute atomic E-state index is 13.8. The van der Waals surface area contributed by atoms with Gasteiger partial charge in [-0.25, -0.2) is 13.4 Å². The Hall–Kier alpha value is -4.16. The lowest BCUT2D eigenvalue weighted by Gasteiger charge is -2.27. The Labute approximate surface area is 258 Å². The van der Waals surface area contributed by atoms with Gasteiger partial charge >= 0.3 is 0 Å². The van der Waals surface area contributed by atoms with E-state index in [1.807, 2.05) is 39.0 Å². The van der Waals surface area contributed by atoms with Crippen molar-refractivity contribution in [2.45, 2.75) is 44.9 Å². The number of likely N-dealkylation sites (tertiary alicyclic amines) is 1. The lowest BCUT2D eigenvalue weighted by molar-refractivity contribution is 0.101. The fourth-order valence-electron chi connectivity index (χ4n) is 5.51. The van der Waals surface area contributed by atoms with Crippen LogP contribution in [0.25, 0.3) is 10.9 Å². The highest BCUT2D eigenvalue weighted by atomic mass is 32.2. The molecule has 2 aromatic carbocycles. The number of fused-ring (bicyclic) bond motifs is 1. The molecule has 2 aromatic heterocycles. The number of hydrogen-bond donors (Lipinski definition) is 2. The molecule has 0 atom stereocenters. The Balaban J connectivity index is 1.47. The van der Waals surface area contributed by atoms with Crippen molar-refractivity contribution in [1.29, 1.82) is 0 Å². The number of hydrogen-bond acceptors (Lipinski definition) is 8. The molecule has 1 aliphatic heterocycles. The summed E-state index contributed by atoms with van der Waals surface area (Å²) in [5.41, 5.74) is 2.19. The molecule has 234 valence electrons. The van der Waals surface area contributed by atoms with E-state index in [9.17, 15) is 13.2 Å². The molecule has 1 fully saturated rings. The summed E-state index contributed by atoms with van der Waals surface area (Å²) >= 11 is 0. The van der Waals surface area contributed by atoms with Gasteiger partial charge in [-0.15, -0.1) is 0 Å². The second kappa shape index (κ2) is 12.1. The number of rotatable bonds is 8. The second-order valence-corrected chi connectivity index (χ2v) is 14.1. The Morgan fingerprint density at radius 3 is 2.41 bits per heavy atom. The molecule has 0 spiro atoms. The Morgan fingerprint density at radius 1 is 1.05 bits per heavy atom. The van der Waals surface area contributed by atoms with Crippen LogP contribution in [-0.4, -0.2) is 67.3 Å². The first-order valence-electron chi connectivity index (χ1n) is 14.5. The molecule has 44 heavy (non-hydrogen) atoms. The maximum atomic E-state index is 13.8. The molecule has 1 saturated heterocycles. The van der Waals surface area contributed by atoms with Crippen molar-refractivity contribution in [3.05, 3.63) is 65.7 Å². The van der Waals surface area contributed by atoms with E-state index in [-0.39, 0.29) is 22.8 Å². The highest BCUT2D eigenvalue weighted by Crippen LogP contribution is 2.40. The number of methoxy groups -OCH3 is 1. The van der Waals surface area contributed by atoms with Gasteiger partial charge in [-0.05, 0) is 68.2 Å². The fraction of sp³-hybridized carbons (Fsp3) is 0.406. The average molecular weight is 621 g/mol. The number of amides is 1. The number of anilines is 2. The van der Waals surface area contributed by atoms with Crippen molar-refractivity contribution in [1.82, 2.24) is 19.4 Å². The largest absolute Gasteiger partial charge is 0.492 e. The third kappa shape index (κ3) is 6.81. The van der Waals surface area contributed by atoms with Gasteiger partial charge in [0.15, 0.2) is 11.5 Å². The lowest BCUT2D eigenvalue weighted by Crippen LogP contribution is -2.29. The van der Waals surface area contributed by atoms with Crippen molar-refractivity contribution >= 4 is 38.2 Å². The molecule has 5 rings (SSSR count). The van der Waals surface area contributed by atoms with E-state index in [0.29, 0.717) is 23.0 Å². The molecule has 2 N–H and O–H groups in total. The lowest BCUT2D eigenvalue weighted by atomic mass is 9.86. The van der Waals surface area contributed by atoms with Gasteiger partial charge in [-0.2, -0.15) is 4.98 Å². The van der Waals surface area contributed by atoms with E-state index in [4.69, 9.17) is 14.5 Å². The highest BCUT2D eigenvalue weighted by molar-refractivity contribution is 7.92. The summed E-state index contributed by atoms with van der Waals surface area (Å²) < 4.78 is 40.4. The zero-order chi connectivity index (χ0) is 31.8. The van der Waals surface area contributed by atoms with Crippen LogP contribution < -0.4 is 19.5 Å². The van der Waals surface area contributed by atoms with Gasteiger partial charge in [0.1, 0.15) is 11.5 Å². The molecule has 0 aliphatic carbocycles. The molecule has 1 aliphatic rings. The molecule has 1 amide bonds. The standard InChI is InChI=1S/C32H40N6O5S/c1-32(2,3)22-18-23(29(42-6)24(19-22)36-44(7,40)41)34-31(39)25-17-21-9-8-10-26(28(21)38(25)5)43-27-11-14-33-30(35-27)20-12-15-37(4)16-13-20/h8-11,14,17-20,36H,12-13,15-16H2,1-7H3,(H,34,39). The number of piperidine rings is 1. The van der Waals surface area contributed by atoms with Gasteiger partial charge in [0.25, 0.3) is 5.91 Å². The third-order valence-electron chi connectivity index (χ3n) is 7.90. The van der Waals surface area contributed by atoms with Crippen molar-refractivity contribution in [2.24, 2.45) is 7.05 Å². The molecule has 0 bridgehead atoms. The number of carbonyl (C=O) groups excluding carboxylic acids is 1. The number of aryl methyl sites for hydroxylation is 1. The van der Waals surface area contributed by atoms with Gasteiger partial charge in [0, 0.05) is 30.6 Å². The van der Waals surface area contributed by atoms with Gasteiger partial charge in [-0.1, -0.05) is 32.9 Å². The van der Waals surface area contributed by atoms with Crippen LogP contribution in [0.3, 0.4) is 0 Å². The van der Waals surface area contributed by atoms with Gasteiger partial charge in [0.05, 0.1) is 30.3 Å². The van der Waals surface area contributed by atoms with Crippen molar-refractivity contribution in [3.8, 4) is 17.4 Å². The molecular formula is C32H40N6O5S. The van der Waals surface area contributed by atoms with Crippen molar-refractivity contribution in [2.75, 3.05) is 43.5 Å². The first kappa shape index (κ1) is 31.3. The summed E-state index contributed by atoms with van der Waals surface area (Å²) in [4.78, 5) is 25.3. The number of para-hydroxylation sites is 1. The summed E-state index contributed by atoms with van der Waals surface area (Å²) in [6, 6.07) is 12.7. The zero-order valence-corrected chi connectivity index (χ0v) is 27.1. The quantitative estimate of drug-likeness (QED) is 0.264. The number of ether oxygens (including phenoxy) is 2. The number of carbonyl (C=O) groups is 1. The van der Waals surface area contributed by atoms with E-state index >= 15 is 0 Å². The van der Waals surface area contributed by atoms with Crippen LogP contribution in [0.1, 0.15) is 61.4 Å². The second-order valence-electron chi connectivity index (χ2n) is 12.4. The van der Waals surface area contributed by atoms with Crippen LogP contribution in [0.5, 0.6) is 17.4 Å².